The Hall–Kier alpha value is -1.60. The zero-order valence-electron chi connectivity index (χ0n) is 10.6. The van der Waals surface area contributed by atoms with Crippen molar-refractivity contribution in [2.45, 2.75) is 25.3 Å². The van der Waals surface area contributed by atoms with E-state index in [1.165, 1.54) is 29.5 Å². The lowest BCUT2D eigenvalue weighted by Gasteiger charge is -2.24. The third-order valence-electron chi connectivity index (χ3n) is 3.79. The molecular formula is C17H19N. The summed E-state index contributed by atoms with van der Waals surface area (Å²) in [4.78, 5) is 0. The van der Waals surface area contributed by atoms with Crippen molar-refractivity contribution in [3.8, 4) is 0 Å². The maximum absolute atomic E-state index is 3.52. The van der Waals surface area contributed by atoms with Crippen molar-refractivity contribution in [1.82, 2.24) is 5.32 Å². The normalized spacial score (nSPS) is 19.7. The van der Waals surface area contributed by atoms with E-state index in [2.05, 4.69) is 59.9 Å². The van der Waals surface area contributed by atoms with Gasteiger partial charge >= 0.3 is 0 Å². The summed E-state index contributed by atoms with van der Waals surface area (Å²) in [5, 5.41) is 3.52. The first-order valence-corrected chi connectivity index (χ1v) is 6.78. The van der Waals surface area contributed by atoms with Crippen molar-refractivity contribution in [3.05, 3.63) is 71.3 Å². The van der Waals surface area contributed by atoms with Crippen LogP contribution in [-0.4, -0.2) is 6.54 Å². The molecule has 1 unspecified atom stereocenters. The lowest BCUT2D eigenvalue weighted by Crippen LogP contribution is -2.20. The van der Waals surface area contributed by atoms with Crippen LogP contribution in [0.25, 0.3) is 0 Å². The van der Waals surface area contributed by atoms with Gasteiger partial charge in [0.05, 0.1) is 0 Å². The first kappa shape index (κ1) is 11.5. The monoisotopic (exact) mass is 237 g/mol. The van der Waals surface area contributed by atoms with Crippen molar-refractivity contribution in [1.29, 1.82) is 0 Å². The van der Waals surface area contributed by atoms with E-state index in [-0.39, 0.29) is 0 Å². The molecule has 2 aromatic carbocycles. The molecule has 1 heterocycles. The van der Waals surface area contributed by atoms with Crippen LogP contribution in [0, 0.1) is 0 Å². The molecule has 0 spiro atoms. The van der Waals surface area contributed by atoms with Crippen LogP contribution in [0.4, 0.5) is 0 Å². The van der Waals surface area contributed by atoms with Gasteiger partial charge in [0.15, 0.2) is 0 Å². The fraction of sp³-hybridized carbons (Fsp3) is 0.294. The molecule has 1 nitrogen and oxygen atoms in total. The second-order valence-electron chi connectivity index (χ2n) is 4.98. The Balaban J connectivity index is 2.04. The van der Waals surface area contributed by atoms with Crippen molar-refractivity contribution in [3.63, 3.8) is 0 Å². The summed E-state index contributed by atoms with van der Waals surface area (Å²) in [6.45, 7) is 2.12. The third kappa shape index (κ3) is 2.32. The summed E-state index contributed by atoms with van der Waals surface area (Å²) < 4.78 is 0. The Bertz CT molecular complexity index is 504. The Kier molecular flexibility index (Phi) is 3.42. The number of nitrogens with one attached hydrogen (secondary N) is 1. The van der Waals surface area contributed by atoms with Gasteiger partial charge in [0.2, 0.25) is 0 Å². The van der Waals surface area contributed by atoms with Crippen LogP contribution in [0.3, 0.4) is 0 Å². The van der Waals surface area contributed by atoms with Crippen LogP contribution in [-0.2, 0) is 6.54 Å². The maximum atomic E-state index is 3.52. The Morgan fingerprint density at radius 2 is 1.67 bits per heavy atom. The second kappa shape index (κ2) is 5.36. The summed E-state index contributed by atoms with van der Waals surface area (Å²) in [5.41, 5.74) is 4.40. The van der Waals surface area contributed by atoms with Crippen LogP contribution in [0.15, 0.2) is 54.6 Å². The highest BCUT2D eigenvalue weighted by atomic mass is 14.8. The quantitative estimate of drug-likeness (QED) is 0.797. The molecule has 0 saturated heterocycles. The zero-order chi connectivity index (χ0) is 12.2. The second-order valence-corrected chi connectivity index (χ2v) is 4.98. The number of hydrogen-bond donors (Lipinski definition) is 1. The predicted octanol–water partition coefficient (Wildman–Crippen LogP) is 3.70. The number of rotatable bonds is 1. The van der Waals surface area contributed by atoms with Gasteiger partial charge in [0.25, 0.3) is 0 Å². The lowest BCUT2D eigenvalue weighted by atomic mass is 9.84. The van der Waals surface area contributed by atoms with Crippen molar-refractivity contribution >= 4 is 0 Å². The van der Waals surface area contributed by atoms with E-state index in [0.29, 0.717) is 5.92 Å². The largest absolute Gasteiger partial charge is 0.313 e. The van der Waals surface area contributed by atoms with E-state index in [1.807, 2.05) is 0 Å². The Labute approximate surface area is 109 Å². The van der Waals surface area contributed by atoms with E-state index >= 15 is 0 Å². The Morgan fingerprint density at radius 1 is 0.889 bits per heavy atom. The molecule has 0 aromatic heterocycles. The average Bonchev–Trinajstić information content (AvgIpc) is 2.41. The molecule has 1 N–H and O–H groups in total. The molecule has 1 atom stereocenters. The number of hydrogen-bond acceptors (Lipinski definition) is 1. The fourth-order valence-electron chi connectivity index (χ4n) is 2.88. The molecule has 3 rings (SSSR count). The summed E-state index contributed by atoms with van der Waals surface area (Å²) in [5.74, 6) is 0.560. The molecule has 0 saturated carbocycles. The van der Waals surface area contributed by atoms with Crippen molar-refractivity contribution in [2.24, 2.45) is 0 Å². The number of fused-ring (bicyclic) bond motifs is 1. The summed E-state index contributed by atoms with van der Waals surface area (Å²) in [6, 6.07) is 19.8. The van der Waals surface area contributed by atoms with Crippen LogP contribution < -0.4 is 5.32 Å². The van der Waals surface area contributed by atoms with Gasteiger partial charge in [-0.15, -0.1) is 0 Å². The minimum atomic E-state index is 0.560. The molecule has 1 aliphatic heterocycles. The van der Waals surface area contributed by atoms with Gasteiger partial charge in [-0.05, 0) is 36.1 Å². The van der Waals surface area contributed by atoms with Gasteiger partial charge in [-0.2, -0.15) is 0 Å². The topological polar surface area (TPSA) is 12.0 Å². The van der Waals surface area contributed by atoms with Crippen LogP contribution in [0.2, 0.25) is 0 Å². The van der Waals surface area contributed by atoms with Crippen molar-refractivity contribution < 1.29 is 0 Å². The Morgan fingerprint density at radius 3 is 2.56 bits per heavy atom. The van der Waals surface area contributed by atoms with Crippen LogP contribution in [0.1, 0.15) is 35.4 Å². The van der Waals surface area contributed by atoms with E-state index in [0.717, 1.165) is 13.1 Å². The van der Waals surface area contributed by atoms with Gasteiger partial charge in [-0.1, -0.05) is 54.6 Å². The molecule has 2 aromatic rings. The first-order chi connectivity index (χ1) is 8.95. The van der Waals surface area contributed by atoms with Gasteiger partial charge in [-0.3, -0.25) is 0 Å². The van der Waals surface area contributed by atoms with Gasteiger partial charge in [0.1, 0.15) is 0 Å². The highest BCUT2D eigenvalue weighted by Gasteiger charge is 2.18. The smallest absolute Gasteiger partial charge is 0.0208 e. The minimum absolute atomic E-state index is 0.560. The number of benzene rings is 2. The van der Waals surface area contributed by atoms with Crippen molar-refractivity contribution in [2.75, 3.05) is 6.54 Å². The zero-order valence-corrected chi connectivity index (χ0v) is 10.6. The summed E-state index contributed by atoms with van der Waals surface area (Å²) >= 11 is 0. The molecule has 0 bridgehead atoms. The third-order valence-corrected chi connectivity index (χ3v) is 3.79. The fourth-order valence-corrected chi connectivity index (χ4v) is 2.88. The predicted molar refractivity (Wildman–Crippen MR) is 75.7 cm³/mol. The minimum Gasteiger partial charge on any atom is -0.313 e. The molecular weight excluding hydrogens is 218 g/mol. The van der Waals surface area contributed by atoms with E-state index in [9.17, 15) is 0 Å². The summed E-state index contributed by atoms with van der Waals surface area (Å²) in [6.07, 6.45) is 2.47. The van der Waals surface area contributed by atoms with Crippen LogP contribution in [0.5, 0.6) is 0 Å². The highest BCUT2D eigenvalue weighted by Crippen LogP contribution is 2.32. The van der Waals surface area contributed by atoms with Gasteiger partial charge in [-0.25, -0.2) is 0 Å². The van der Waals surface area contributed by atoms with Gasteiger partial charge < -0.3 is 5.32 Å². The molecule has 18 heavy (non-hydrogen) atoms. The molecule has 1 aliphatic rings. The SMILES string of the molecule is c1ccc(C2CCCNCc3ccccc32)cc1. The standard InChI is InChI=1S/C17H19N/c1-2-7-14(8-3-1)16-11-6-12-18-13-15-9-4-5-10-17(15)16/h1-5,7-10,16,18H,6,11-13H2. The molecule has 0 radical (unpaired) electrons. The highest BCUT2D eigenvalue weighted by molar-refractivity contribution is 5.38. The lowest BCUT2D eigenvalue weighted by molar-refractivity contribution is 0.565. The van der Waals surface area contributed by atoms with E-state index in [1.54, 1.807) is 0 Å². The maximum Gasteiger partial charge on any atom is 0.0208 e. The first-order valence-electron chi connectivity index (χ1n) is 6.78. The molecule has 92 valence electrons. The molecule has 0 fully saturated rings. The van der Waals surface area contributed by atoms with E-state index in [4.69, 9.17) is 0 Å². The van der Waals surface area contributed by atoms with Gasteiger partial charge in [0, 0.05) is 12.5 Å². The summed E-state index contributed by atoms with van der Waals surface area (Å²) in [7, 11) is 0. The van der Waals surface area contributed by atoms with Crippen LogP contribution >= 0.6 is 0 Å². The molecule has 0 aliphatic carbocycles. The molecule has 1 heteroatoms. The average molecular weight is 237 g/mol. The van der Waals surface area contributed by atoms with E-state index < -0.39 is 0 Å². The molecule has 0 amide bonds.